The lowest BCUT2D eigenvalue weighted by atomic mass is 10.0. The second-order valence-electron chi connectivity index (χ2n) is 7.22. The summed E-state index contributed by atoms with van der Waals surface area (Å²) < 4.78 is 6.85. The lowest BCUT2D eigenvalue weighted by Crippen LogP contribution is -2.16. The zero-order valence-corrected chi connectivity index (χ0v) is 21.9. The maximum Gasteiger partial charge on any atom is 0.341 e. The van der Waals surface area contributed by atoms with Crippen LogP contribution < -0.4 is 5.32 Å². The SMILES string of the molecule is CCn1c(SCC(=O)Nc2scc(-c3ccccc3)c2C(=O)OC)nnc1-c1ccc(Cl)cc1Cl. The molecular formula is C24H20Cl2N4O3S2. The Balaban J connectivity index is 1.51. The summed E-state index contributed by atoms with van der Waals surface area (Å²) in [5, 5.41) is 15.2. The molecule has 0 fully saturated rings. The standard InChI is InChI=1S/C24H20Cl2N4O3S2/c1-3-30-21(16-10-9-15(25)11-18(16)26)28-29-24(30)35-13-19(31)27-22-20(23(32)33-2)17(12-34-22)14-7-5-4-6-8-14/h4-12H,3,13H2,1-2H3,(H,27,31). The molecule has 4 rings (SSSR count). The average Bonchev–Trinajstić information content (AvgIpc) is 3.46. The number of ether oxygens (including phenoxy) is 1. The fourth-order valence-corrected chi connectivity index (χ4v) is 5.70. The van der Waals surface area contributed by atoms with Crippen LogP contribution >= 0.6 is 46.3 Å². The molecule has 11 heteroatoms. The van der Waals surface area contributed by atoms with E-state index >= 15 is 0 Å². The van der Waals surface area contributed by atoms with Crippen LogP contribution in [0.5, 0.6) is 0 Å². The number of carbonyl (C=O) groups is 2. The van der Waals surface area contributed by atoms with Crippen molar-refractivity contribution in [3.05, 3.63) is 69.5 Å². The van der Waals surface area contributed by atoms with Gasteiger partial charge in [0.05, 0.1) is 17.9 Å². The molecule has 1 N–H and O–H groups in total. The minimum Gasteiger partial charge on any atom is -0.465 e. The molecule has 0 radical (unpaired) electrons. The number of rotatable bonds is 8. The van der Waals surface area contributed by atoms with Gasteiger partial charge in [0.25, 0.3) is 0 Å². The number of hydrogen-bond acceptors (Lipinski definition) is 7. The van der Waals surface area contributed by atoms with Crippen molar-refractivity contribution in [2.24, 2.45) is 0 Å². The van der Waals surface area contributed by atoms with Crippen LogP contribution in [-0.4, -0.2) is 39.5 Å². The van der Waals surface area contributed by atoms with Crippen molar-refractivity contribution < 1.29 is 14.3 Å². The number of thioether (sulfide) groups is 1. The van der Waals surface area contributed by atoms with E-state index in [1.54, 1.807) is 18.2 Å². The first-order valence-electron chi connectivity index (χ1n) is 10.5. The lowest BCUT2D eigenvalue weighted by molar-refractivity contribution is -0.113. The van der Waals surface area contributed by atoms with Gasteiger partial charge >= 0.3 is 5.97 Å². The zero-order chi connectivity index (χ0) is 24.9. The van der Waals surface area contributed by atoms with Gasteiger partial charge in [-0.1, -0.05) is 65.3 Å². The molecule has 0 unspecified atom stereocenters. The summed E-state index contributed by atoms with van der Waals surface area (Å²) in [6.45, 7) is 2.54. The highest BCUT2D eigenvalue weighted by Gasteiger charge is 2.23. The van der Waals surface area contributed by atoms with Crippen LogP contribution in [0.25, 0.3) is 22.5 Å². The van der Waals surface area contributed by atoms with E-state index in [4.69, 9.17) is 27.9 Å². The van der Waals surface area contributed by atoms with Gasteiger partial charge in [0, 0.05) is 28.1 Å². The van der Waals surface area contributed by atoms with Crippen molar-refractivity contribution >= 4 is 63.2 Å². The summed E-state index contributed by atoms with van der Waals surface area (Å²) >= 11 is 14.9. The predicted molar refractivity (Wildman–Crippen MR) is 142 cm³/mol. The molecule has 0 spiro atoms. The molecule has 2 heterocycles. The maximum atomic E-state index is 12.8. The summed E-state index contributed by atoms with van der Waals surface area (Å²) in [7, 11) is 1.32. The van der Waals surface area contributed by atoms with Crippen LogP contribution in [0, 0.1) is 0 Å². The highest BCUT2D eigenvalue weighted by Crippen LogP contribution is 2.36. The third-order valence-corrected chi connectivity index (χ3v) is 7.47. The number of nitrogens with zero attached hydrogens (tertiary/aromatic N) is 3. The molecule has 180 valence electrons. The van der Waals surface area contributed by atoms with Crippen molar-refractivity contribution in [2.75, 3.05) is 18.2 Å². The molecule has 0 aliphatic rings. The highest BCUT2D eigenvalue weighted by molar-refractivity contribution is 7.99. The van der Waals surface area contributed by atoms with Gasteiger partial charge in [-0.2, -0.15) is 0 Å². The molecule has 0 aliphatic carbocycles. The Morgan fingerprint density at radius 1 is 1.11 bits per heavy atom. The van der Waals surface area contributed by atoms with Gasteiger partial charge in [0.2, 0.25) is 5.91 Å². The normalized spacial score (nSPS) is 10.9. The van der Waals surface area contributed by atoms with Crippen molar-refractivity contribution in [2.45, 2.75) is 18.6 Å². The molecule has 4 aromatic rings. The van der Waals surface area contributed by atoms with E-state index in [0.29, 0.717) is 49.3 Å². The fourth-order valence-electron chi connectivity index (χ4n) is 3.43. The summed E-state index contributed by atoms with van der Waals surface area (Å²) in [6, 6.07) is 14.7. The Labute approximate surface area is 220 Å². The molecule has 0 atom stereocenters. The zero-order valence-electron chi connectivity index (χ0n) is 18.7. The Kier molecular flexibility index (Phi) is 8.12. The smallest absolute Gasteiger partial charge is 0.341 e. The van der Waals surface area contributed by atoms with Crippen LogP contribution in [0.1, 0.15) is 17.3 Å². The quantitative estimate of drug-likeness (QED) is 0.200. The third kappa shape index (κ3) is 5.54. The van der Waals surface area contributed by atoms with E-state index in [0.717, 1.165) is 5.56 Å². The van der Waals surface area contributed by atoms with E-state index in [1.807, 2.05) is 47.2 Å². The number of anilines is 1. The van der Waals surface area contributed by atoms with Crippen LogP contribution in [-0.2, 0) is 16.1 Å². The van der Waals surface area contributed by atoms with E-state index in [2.05, 4.69) is 15.5 Å². The first kappa shape index (κ1) is 25.2. The second-order valence-corrected chi connectivity index (χ2v) is 9.89. The van der Waals surface area contributed by atoms with E-state index < -0.39 is 5.97 Å². The number of methoxy groups -OCH3 is 1. The summed E-state index contributed by atoms with van der Waals surface area (Å²) in [4.78, 5) is 25.3. The Hall–Kier alpha value is -2.85. The van der Waals surface area contributed by atoms with Gasteiger partial charge in [-0.3, -0.25) is 4.79 Å². The number of esters is 1. The minimum absolute atomic E-state index is 0.0751. The molecule has 2 aromatic carbocycles. The van der Waals surface area contributed by atoms with Crippen molar-refractivity contribution in [1.82, 2.24) is 14.8 Å². The Bertz CT molecular complexity index is 1370. The number of aromatic nitrogens is 3. The van der Waals surface area contributed by atoms with E-state index in [9.17, 15) is 9.59 Å². The molecule has 0 saturated carbocycles. The minimum atomic E-state index is -0.511. The lowest BCUT2D eigenvalue weighted by Gasteiger charge is -2.09. The Morgan fingerprint density at radius 2 is 1.89 bits per heavy atom. The van der Waals surface area contributed by atoms with Gasteiger partial charge < -0.3 is 14.6 Å². The molecule has 7 nitrogen and oxygen atoms in total. The number of amides is 1. The summed E-state index contributed by atoms with van der Waals surface area (Å²) in [6.07, 6.45) is 0. The van der Waals surface area contributed by atoms with Gasteiger partial charge in [-0.15, -0.1) is 21.5 Å². The first-order chi connectivity index (χ1) is 16.9. The monoisotopic (exact) mass is 546 g/mol. The number of thiophene rings is 1. The fraction of sp³-hybridized carbons (Fsp3) is 0.167. The number of nitrogens with one attached hydrogen (secondary N) is 1. The predicted octanol–water partition coefficient (Wildman–Crippen LogP) is 6.52. The molecule has 0 aliphatic heterocycles. The average molecular weight is 547 g/mol. The molecule has 1 amide bonds. The number of halogens is 2. The van der Waals surface area contributed by atoms with Crippen molar-refractivity contribution in [1.29, 1.82) is 0 Å². The summed E-state index contributed by atoms with van der Waals surface area (Å²) in [5.41, 5.74) is 2.61. The van der Waals surface area contributed by atoms with Crippen LogP contribution in [0.3, 0.4) is 0 Å². The molecule has 2 aromatic heterocycles. The largest absolute Gasteiger partial charge is 0.465 e. The molecule has 35 heavy (non-hydrogen) atoms. The van der Waals surface area contributed by atoms with E-state index in [1.165, 1.54) is 30.2 Å². The van der Waals surface area contributed by atoms with Crippen molar-refractivity contribution in [3.8, 4) is 22.5 Å². The third-order valence-electron chi connectivity index (χ3n) is 5.06. The number of hydrogen-bond donors (Lipinski definition) is 1. The maximum absolute atomic E-state index is 12.8. The first-order valence-corrected chi connectivity index (χ1v) is 13.1. The number of benzene rings is 2. The topological polar surface area (TPSA) is 86.1 Å². The van der Waals surface area contributed by atoms with Crippen LogP contribution in [0.15, 0.2) is 59.1 Å². The van der Waals surface area contributed by atoms with Gasteiger partial charge in [0.15, 0.2) is 11.0 Å². The summed E-state index contributed by atoms with van der Waals surface area (Å²) in [5.74, 6) is -0.122. The van der Waals surface area contributed by atoms with Gasteiger partial charge in [0.1, 0.15) is 10.6 Å². The van der Waals surface area contributed by atoms with Gasteiger partial charge in [-0.25, -0.2) is 4.79 Å². The second kappa shape index (κ2) is 11.3. The molecule has 0 bridgehead atoms. The van der Waals surface area contributed by atoms with E-state index in [-0.39, 0.29) is 11.7 Å². The molecular weight excluding hydrogens is 527 g/mol. The van der Waals surface area contributed by atoms with Crippen LogP contribution in [0.2, 0.25) is 10.0 Å². The molecule has 0 saturated heterocycles. The highest BCUT2D eigenvalue weighted by atomic mass is 35.5. The Morgan fingerprint density at radius 3 is 2.57 bits per heavy atom. The van der Waals surface area contributed by atoms with Gasteiger partial charge in [-0.05, 0) is 30.7 Å². The van der Waals surface area contributed by atoms with Crippen molar-refractivity contribution in [3.63, 3.8) is 0 Å². The van der Waals surface area contributed by atoms with Crippen LogP contribution in [0.4, 0.5) is 5.00 Å². The number of carbonyl (C=O) groups excluding carboxylic acids is 2.